The van der Waals surface area contributed by atoms with E-state index < -0.39 is 0 Å². The first-order valence-electron chi connectivity index (χ1n) is 6.44. The molecule has 1 saturated heterocycles. The zero-order valence-electron chi connectivity index (χ0n) is 11.6. The number of rotatable bonds is 3. The highest BCUT2D eigenvalue weighted by molar-refractivity contribution is 9.10. The molecule has 0 bridgehead atoms. The van der Waals surface area contributed by atoms with Crippen molar-refractivity contribution >= 4 is 27.5 Å². The fourth-order valence-corrected chi connectivity index (χ4v) is 3.02. The monoisotopic (exact) mass is 325 g/mol. The lowest BCUT2D eigenvalue weighted by atomic mass is 10.1. The van der Waals surface area contributed by atoms with Crippen LogP contribution in [0.2, 0.25) is 0 Å². The first-order chi connectivity index (χ1) is 8.99. The summed E-state index contributed by atoms with van der Waals surface area (Å²) in [5, 5.41) is 3.28. The SMILES string of the molecule is Cc1ccc(N2CCNC(CN(C)C)C2=O)c(Br)c1. The third-order valence-electron chi connectivity index (χ3n) is 3.23. The van der Waals surface area contributed by atoms with E-state index in [1.807, 2.05) is 49.0 Å². The fraction of sp³-hybridized carbons (Fsp3) is 0.500. The zero-order valence-corrected chi connectivity index (χ0v) is 13.2. The van der Waals surface area contributed by atoms with Gasteiger partial charge < -0.3 is 15.1 Å². The van der Waals surface area contributed by atoms with E-state index in [1.165, 1.54) is 5.56 Å². The van der Waals surface area contributed by atoms with Crippen LogP contribution in [0.4, 0.5) is 5.69 Å². The van der Waals surface area contributed by atoms with Crippen LogP contribution in [0.25, 0.3) is 0 Å². The highest BCUT2D eigenvalue weighted by Crippen LogP contribution is 2.28. The summed E-state index contributed by atoms with van der Waals surface area (Å²) in [6.45, 7) is 4.30. The number of hydrogen-bond donors (Lipinski definition) is 1. The molecule has 0 radical (unpaired) electrons. The average Bonchev–Trinajstić information content (AvgIpc) is 2.32. The number of piperazine rings is 1. The first-order valence-corrected chi connectivity index (χ1v) is 7.24. The third kappa shape index (κ3) is 3.35. The van der Waals surface area contributed by atoms with E-state index >= 15 is 0 Å². The van der Waals surface area contributed by atoms with Crippen LogP contribution in [0.1, 0.15) is 5.56 Å². The summed E-state index contributed by atoms with van der Waals surface area (Å²) in [6, 6.07) is 5.97. The Bertz CT molecular complexity index is 476. The highest BCUT2D eigenvalue weighted by Gasteiger charge is 2.30. The highest BCUT2D eigenvalue weighted by atomic mass is 79.9. The molecule has 2 rings (SSSR count). The minimum atomic E-state index is -0.128. The molecule has 1 unspecified atom stereocenters. The number of benzene rings is 1. The molecule has 1 heterocycles. The number of hydrogen-bond acceptors (Lipinski definition) is 3. The number of carbonyl (C=O) groups is 1. The van der Waals surface area contributed by atoms with E-state index in [0.717, 1.165) is 23.2 Å². The Kier molecular flexibility index (Phi) is 4.60. The van der Waals surface area contributed by atoms with E-state index in [4.69, 9.17) is 0 Å². The van der Waals surface area contributed by atoms with Crippen molar-refractivity contribution in [1.29, 1.82) is 0 Å². The number of likely N-dealkylation sites (N-methyl/N-ethyl adjacent to an activating group) is 1. The number of nitrogens with one attached hydrogen (secondary N) is 1. The lowest BCUT2D eigenvalue weighted by Gasteiger charge is -2.34. The first kappa shape index (κ1) is 14.5. The largest absolute Gasteiger partial charge is 0.309 e. The summed E-state index contributed by atoms with van der Waals surface area (Å²) < 4.78 is 0.978. The number of nitrogens with zero attached hydrogens (tertiary/aromatic N) is 2. The van der Waals surface area contributed by atoms with Crippen LogP contribution in [0.3, 0.4) is 0 Å². The molecule has 1 aromatic rings. The average molecular weight is 326 g/mol. The van der Waals surface area contributed by atoms with Gasteiger partial charge in [0.15, 0.2) is 0 Å². The predicted molar refractivity (Wildman–Crippen MR) is 81.6 cm³/mol. The number of carbonyl (C=O) groups excluding carboxylic acids is 1. The molecule has 1 aromatic carbocycles. The van der Waals surface area contributed by atoms with Gasteiger partial charge in [0.25, 0.3) is 0 Å². The molecule has 0 spiro atoms. The summed E-state index contributed by atoms with van der Waals surface area (Å²) in [5.41, 5.74) is 2.14. The minimum absolute atomic E-state index is 0.128. The quantitative estimate of drug-likeness (QED) is 0.917. The molecule has 0 aromatic heterocycles. The fourth-order valence-electron chi connectivity index (χ4n) is 2.31. The van der Waals surface area contributed by atoms with Gasteiger partial charge in [-0.1, -0.05) is 6.07 Å². The van der Waals surface area contributed by atoms with Gasteiger partial charge in [0, 0.05) is 24.1 Å². The molecule has 1 amide bonds. The maximum absolute atomic E-state index is 12.5. The van der Waals surface area contributed by atoms with Gasteiger partial charge in [-0.05, 0) is 54.6 Å². The molecule has 1 N–H and O–H groups in total. The Balaban J connectivity index is 2.21. The Morgan fingerprint density at radius 2 is 2.21 bits per heavy atom. The molecule has 104 valence electrons. The van der Waals surface area contributed by atoms with Gasteiger partial charge in [0.1, 0.15) is 6.04 Å². The molecule has 0 aliphatic carbocycles. The lowest BCUT2D eigenvalue weighted by molar-refractivity contribution is -0.121. The van der Waals surface area contributed by atoms with Crippen LogP contribution in [0.15, 0.2) is 22.7 Å². The topological polar surface area (TPSA) is 35.6 Å². The van der Waals surface area contributed by atoms with Crippen molar-refractivity contribution in [2.45, 2.75) is 13.0 Å². The van der Waals surface area contributed by atoms with Crippen molar-refractivity contribution in [1.82, 2.24) is 10.2 Å². The van der Waals surface area contributed by atoms with Crippen molar-refractivity contribution in [3.8, 4) is 0 Å². The Hall–Kier alpha value is -0.910. The zero-order chi connectivity index (χ0) is 14.0. The van der Waals surface area contributed by atoms with Crippen LogP contribution in [-0.2, 0) is 4.79 Å². The molecular weight excluding hydrogens is 306 g/mol. The molecule has 1 atom stereocenters. The molecule has 1 aliphatic heterocycles. The predicted octanol–water partition coefficient (Wildman–Crippen LogP) is 1.62. The van der Waals surface area contributed by atoms with Crippen molar-refractivity contribution in [3.05, 3.63) is 28.2 Å². The van der Waals surface area contributed by atoms with Gasteiger partial charge in [-0.25, -0.2) is 0 Å². The van der Waals surface area contributed by atoms with Crippen LogP contribution in [0, 0.1) is 6.92 Å². The van der Waals surface area contributed by atoms with E-state index in [-0.39, 0.29) is 11.9 Å². The van der Waals surface area contributed by atoms with E-state index in [9.17, 15) is 4.79 Å². The number of anilines is 1. The maximum Gasteiger partial charge on any atom is 0.245 e. The van der Waals surface area contributed by atoms with Crippen molar-refractivity contribution in [2.75, 3.05) is 38.6 Å². The Morgan fingerprint density at radius 3 is 2.84 bits per heavy atom. The second-order valence-corrected chi connectivity index (χ2v) is 6.07. The standard InChI is InChI=1S/C14H20BrN3O/c1-10-4-5-13(11(15)8-10)18-7-6-16-12(14(18)19)9-17(2)3/h4-5,8,12,16H,6-7,9H2,1-3H3. The maximum atomic E-state index is 12.5. The summed E-state index contributed by atoms with van der Waals surface area (Å²) in [4.78, 5) is 16.4. The van der Waals surface area contributed by atoms with Crippen LogP contribution in [0.5, 0.6) is 0 Å². The van der Waals surface area contributed by atoms with Crippen molar-refractivity contribution < 1.29 is 4.79 Å². The molecule has 1 aliphatic rings. The van der Waals surface area contributed by atoms with Gasteiger partial charge in [0.05, 0.1) is 5.69 Å². The third-order valence-corrected chi connectivity index (χ3v) is 3.87. The molecule has 5 heteroatoms. The minimum Gasteiger partial charge on any atom is -0.309 e. The molecule has 0 saturated carbocycles. The number of amides is 1. The van der Waals surface area contributed by atoms with Crippen LogP contribution < -0.4 is 10.2 Å². The molecule has 19 heavy (non-hydrogen) atoms. The number of halogens is 1. The Labute approximate surface area is 122 Å². The normalized spacial score (nSPS) is 20.2. The van der Waals surface area contributed by atoms with Gasteiger partial charge in [0.2, 0.25) is 5.91 Å². The second-order valence-electron chi connectivity index (χ2n) is 5.21. The van der Waals surface area contributed by atoms with Crippen molar-refractivity contribution in [2.24, 2.45) is 0 Å². The van der Waals surface area contributed by atoms with Crippen LogP contribution >= 0.6 is 15.9 Å². The molecule has 1 fully saturated rings. The summed E-state index contributed by atoms with van der Waals surface area (Å²) in [7, 11) is 3.96. The molecular formula is C14H20BrN3O. The second kappa shape index (κ2) is 6.03. The van der Waals surface area contributed by atoms with Gasteiger partial charge in [-0.15, -0.1) is 0 Å². The lowest BCUT2D eigenvalue weighted by Crippen LogP contribution is -2.58. The smallest absolute Gasteiger partial charge is 0.245 e. The van der Waals surface area contributed by atoms with Gasteiger partial charge in [-0.3, -0.25) is 4.79 Å². The summed E-state index contributed by atoms with van der Waals surface area (Å²) in [6.07, 6.45) is 0. The Morgan fingerprint density at radius 1 is 1.47 bits per heavy atom. The van der Waals surface area contributed by atoms with Crippen LogP contribution in [-0.4, -0.2) is 50.6 Å². The van der Waals surface area contributed by atoms with Gasteiger partial charge >= 0.3 is 0 Å². The van der Waals surface area contributed by atoms with E-state index in [2.05, 4.69) is 21.2 Å². The molecule has 4 nitrogen and oxygen atoms in total. The van der Waals surface area contributed by atoms with E-state index in [0.29, 0.717) is 6.54 Å². The summed E-state index contributed by atoms with van der Waals surface area (Å²) in [5.74, 6) is 0.143. The number of aryl methyl sites for hydroxylation is 1. The van der Waals surface area contributed by atoms with Gasteiger partial charge in [-0.2, -0.15) is 0 Å². The van der Waals surface area contributed by atoms with Crippen molar-refractivity contribution in [3.63, 3.8) is 0 Å². The van der Waals surface area contributed by atoms with E-state index in [1.54, 1.807) is 0 Å². The summed E-state index contributed by atoms with van der Waals surface area (Å²) >= 11 is 3.56.